The zero-order chi connectivity index (χ0) is 22.3. The normalized spacial score (nSPS) is 11.0. The van der Waals surface area contributed by atoms with Crippen LogP contribution in [0.15, 0.2) is 77.7 Å². The summed E-state index contributed by atoms with van der Waals surface area (Å²) in [6.45, 7) is 2.86. The molecule has 0 atom stereocenters. The fourth-order valence-corrected chi connectivity index (χ4v) is 3.87. The minimum Gasteiger partial charge on any atom is -0.494 e. The second-order valence-corrected chi connectivity index (χ2v) is 8.57. The minimum absolute atomic E-state index is 0.0705. The van der Waals surface area contributed by atoms with Crippen molar-refractivity contribution in [1.82, 2.24) is 5.32 Å². The lowest BCUT2D eigenvalue weighted by atomic mass is 10.2. The average molecular weight is 443 g/mol. The van der Waals surface area contributed by atoms with Crippen molar-refractivity contribution in [3.05, 3.63) is 89.7 Å². The lowest BCUT2D eigenvalue weighted by molar-refractivity contribution is 0.0951. The zero-order valence-corrected chi connectivity index (χ0v) is 17.8. The topological polar surface area (TPSA) is 84.5 Å². The molecule has 3 aromatic rings. The quantitative estimate of drug-likeness (QED) is 0.488. The van der Waals surface area contributed by atoms with E-state index in [1.54, 1.807) is 0 Å². The molecule has 0 saturated carbocycles. The first-order valence-corrected chi connectivity index (χ1v) is 11.2. The molecule has 162 valence electrons. The number of benzene rings is 3. The molecule has 3 rings (SSSR count). The Morgan fingerprint density at radius 1 is 1.00 bits per heavy atom. The number of nitrogens with one attached hydrogen (secondary N) is 2. The molecule has 0 aliphatic carbocycles. The number of rotatable bonds is 9. The molecule has 0 spiro atoms. The highest BCUT2D eigenvalue weighted by Crippen LogP contribution is 2.19. The summed E-state index contributed by atoms with van der Waals surface area (Å²) in [6, 6.07) is 18.6. The van der Waals surface area contributed by atoms with E-state index in [1.807, 2.05) is 31.2 Å². The van der Waals surface area contributed by atoms with Crippen LogP contribution in [0.2, 0.25) is 0 Å². The van der Waals surface area contributed by atoms with E-state index in [9.17, 15) is 17.6 Å². The van der Waals surface area contributed by atoms with Crippen molar-refractivity contribution in [1.29, 1.82) is 0 Å². The van der Waals surface area contributed by atoms with Crippen molar-refractivity contribution in [2.45, 2.75) is 18.2 Å². The van der Waals surface area contributed by atoms with Gasteiger partial charge >= 0.3 is 0 Å². The first kappa shape index (κ1) is 22.3. The van der Waals surface area contributed by atoms with E-state index in [4.69, 9.17) is 4.74 Å². The molecule has 0 fully saturated rings. The molecule has 0 aromatic heterocycles. The van der Waals surface area contributed by atoms with Crippen molar-refractivity contribution in [2.24, 2.45) is 0 Å². The molecule has 2 N–H and O–H groups in total. The lowest BCUT2D eigenvalue weighted by Gasteiger charge is -2.10. The third kappa shape index (κ3) is 6.29. The van der Waals surface area contributed by atoms with E-state index in [2.05, 4.69) is 10.0 Å². The summed E-state index contributed by atoms with van der Waals surface area (Å²) in [4.78, 5) is 12.2. The largest absolute Gasteiger partial charge is 0.494 e. The highest BCUT2D eigenvalue weighted by molar-refractivity contribution is 7.92. The van der Waals surface area contributed by atoms with E-state index in [0.29, 0.717) is 25.1 Å². The second-order valence-electron chi connectivity index (χ2n) is 6.88. The van der Waals surface area contributed by atoms with Gasteiger partial charge in [0.05, 0.1) is 17.2 Å². The fraction of sp³-hybridized carbons (Fsp3) is 0.174. The van der Waals surface area contributed by atoms with Crippen LogP contribution in [-0.4, -0.2) is 27.5 Å². The number of carbonyl (C=O) groups is 1. The predicted octanol–water partition coefficient (Wildman–Crippen LogP) is 4.13. The SMILES string of the molecule is Cc1cccc(OCCCNC(=O)c2ccc(S(=O)(=O)Nc3ccccc3F)cc2)c1. The van der Waals surface area contributed by atoms with Crippen LogP contribution in [0.4, 0.5) is 10.1 Å². The monoisotopic (exact) mass is 442 g/mol. The number of sulfonamides is 1. The number of hydrogen-bond acceptors (Lipinski definition) is 4. The van der Waals surface area contributed by atoms with Gasteiger partial charge < -0.3 is 10.1 Å². The maximum absolute atomic E-state index is 13.7. The van der Waals surface area contributed by atoms with Gasteiger partial charge in [-0.3, -0.25) is 9.52 Å². The summed E-state index contributed by atoms with van der Waals surface area (Å²) < 4.78 is 46.4. The van der Waals surface area contributed by atoms with Gasteiger partial charge in [0.15, 0.2) is 0 Å². The van der Waals surface area contributed by atoms with E-state index in [0.717, 1.165) is 17.4 Å². The van der Waals surface area contributed by atoms with Crippen LogP contribution in [-0.2, 0) is 10.0 Å². The smallest absolute Gasteiger partial charge is 0.261 e. The summed E-state index contributed by atoms with van der Waals surface area (Å²) in [7, 11) is -3.97. The van der Waals surface area contributed by atoms with E-state index >= 15 is 0 Å². The van der Waals surface area contributed by atoms with Crippen molar-refractivity contribution in [3.8, 4) is 5.75 Å². The van der Waals surface area contributed by atoms with Gasteiger partial charge in [-0.2, -0.15) is 0 Å². The first-order valence-electron chi connectivity index (χ1n) is 9.70. The third-order valence-corrected chi connectivity index (χ3v) is 5.79. The number of anilines is 1. The minimum atomic E-state index is -3.97. The molecular formula is C23H23FN2O4S. The van der Waals surface area contributed by atoms with Crippen molar-refractivity contribution >= 4 is 21.6 Å². The molecule has 1 amide bonds. The van der Waals surface area contributed by atoms with Gasteiger partial charge in [0.1, 0.15) is 11.6 Å². The van der Waals surface area contributed by atoms with Gasteiger partial charge in [0.25, 0.3) is 15.9 Å². The summed E-state index contributed by atoms with van der Waals surface area (Å²) in [5, 5.41) is 2.77. The number of ether oxygens (including phenoxy) is 1. The second kappa shape index (κ2) is 10.1. The van der Waals surface area contributed by atoms with Gasteiger partial charge in [-0.25, -0.2) is 12.8 Å². The molecule has 0 unspecified atom stereocenters. The Balaban J connectivity index is 1.49. The van der Waals surface area contributed by atoms with Gasteiger partial charge in [-0.1, -0.05) is 24.3 Å². The molecule has 6 nitrogen and oxygen atoms in total. The van der Waals surface area contributed by atoms with Gasteiger partial charge in [0.2, 0.25) is 0 Å². The maximum Gasteiger partial charge on any atom is 0.261 e. The molecule has 0 aliphatic heterocycles. The predicted molar refractivity (Wildman–Crippen MR) is 117 cm³/mol. The van der Waals surface area contributed by atoms with E-state index < -0.39 is 15.8 Å². The van der Waals surface area contributed by atoms with Crippen molar-refractivity contribution in [3.63, 3.8) is 0 Å². The Bertz CT molecular complexity index is 1150. The average Bonchev–Trinajstić information content (AvgIpc) is 2.75. The molecule has 0 radical (unpaired) electrons. The molecule has 0 saturated heterocycles. The van der Waals surface area contributed by atoms with Crippen LogP contribution in [0.5, 0.6) is 5.75 Å². The van der Waals surface area contributed by atoms with Crippen LogP contribution in [0.25, 0.3) is 0 Å². The maximum atomic E-state index is 13.7. The number of para-hydroxylation sites is 1. The third-order valence-electron chi connectivity index (χ3n) is 4.41. The van der Waals surface area contributed by atoms with Gasteiger partial charge in [0, 0.05) is 12.1 Å². The van der Waals surface area contributed by atoms with Gasteiger partial charge in [-0.15, -0.1) is 0 Å². The Morgan fingerprint density at radius 2 is 1.74 bits per heavy atom. The standard InChI is InChI=1S/C23H23FN2O4S/c1-17-6-4-7-19(16-17)30-15-5-14-25-23(27)18-10-12-20(13-11-18)31(28,29)26-22-9-3-2-8-21(22)24/h2-4,6-13,16,26H,5,14-15H2,1H3,(H,25,27). The van der Waals surface area contributed by atoms with Crippen molar-refractivity contribution < 1.29 is 22.3 Å². The number of halogens is 1. The molecule has 0 heterocycles. The Kier molecular flexibility index (Phi) is 7.25. The summed E-state index contributed by atoms with van der Waals surface area (Å²) in [6.07, 6.45) is 0.624. The molecule has 8 heteroatoms. The molecular weight excluding hydrogens is 419 g/mol. The molecule has 0 bridgehead atoms. The Hall–Kier alpha value is -3.39. The van der Waals surface area contributed by atoms with E-state index in [1.165, 1.54) is 42.5 Å². The molecule has 0 aliphatic rings. The summed E-state index contributed by atoms with van der Waals surface area (Å²) in [5.41, 5.74) is 1.29. The van der Waals surface area contributed by atoms with Crippen LogP contribution in [0.1, 0.15) is 22.3 Å². The summed E-state index contributed by atoms with van der Waals surface area (Å²) in [5.74, 6) is -0.206. The Labute approximate surface area is 181 Å². The molecule has 31 heavy (non-hydrogen) atoms. The summed E-state index contributed by atoms with van der Waals surface area (Å²) >= 11 is 0. The lowest BCUT2D eigenvalue weighted by Crippen LogP contribution is -2.25. The van der Waals surface area contributed by atoms with Crippen LogP contribution in [0.3, 0.4) is 0 Å². The van der Waals surface area contributed by atoms with Crippen molar-refractivity contribution in [2.75, 3.05) is 17.9 Å². The van der Waals surface area contributed by atoms with Crippen LogP contribution >= 0.6 is 0 Å². The highest BCUT2D eigenvalue weighted by atomic mass is 32.2. The number of carbonyl (C=O) groups excluding carboxylic acids is 1. The zero-order valence-electron chi connectivity index (χ0n) is 17.0. The number of amides is 1. The van der Waals surface area contributed by atoms with E-state index in [-0.39, 0.29) is 16.5 Å². The fourth-order valence-electron chi connectivity index (χ4n) is 2.80. The highest BCUT2D eigenvalue weighted by Gasteiger charge is 2.16. The van der Waals surface area contributed by atoms with Gasteiger partial charge in [-0.05, 0) is 67.4 Å². The molecule has 3 aromatic carbocycles. The van der Waals surface area contributed by atoms with Crippen LogP contribution in [0, 0.1) is 12.7 Å². The van der Waals surface area contributed by atoms with Crippen LogP contribution < -0.4 is 14.8 Å². The number of hydrogen-bond donors (Lipinski definition) is 2. The number of aryl methyl sites for hydroxylation is 1. The Morgan fingerprint density at radius 3 is 2.45 bits per heavy atom. The first-order chi connectivity index (χ1) is 14.8.